The van der Waals surface area contributed by atoms with Crippen molar-refractivity contribution in [3.8, 4) is 0 Å². The molecule has 0 aromatic rings. The van der Waals surface area contributed by atoms with Crippen molar-refractivity contribution < 1.29 is 0 Å². The fourth-order valence-corrected chi connectivity index (χ4v) is 10.4. The van der Waals surface area contributed by atoms with Gasteiger partial charge in [0.15, 0.2) is 0 Å². The van der Waals surface area contributed by atoms with Crippen LogP contribution >= 0.6 is 47.0 Å². The minimum atomic E-state index is 0.960. The van der Waals surface area contributed by atoms with Crippen molar-refractivity contribution in [1.82, 2.24) is 0 Å². The van der Waals surface area contributed by atoms with E-state index in [1.54, 1.807) is 11.7 Å². The molecule has 4 atom stereocenters. The van der Waals surface area contributed by atoms with Crippen LogP contribution in [0.3, 0.4) is 0 Å². The first-order valence-electron chi connectivity index (χ1n) is 6.90. The third-order valence-corrected chi connectivity index (χ3v) is 12.2. The van der Waals surface area contributed by atoms with Gasteiger partial charge in [0.05, 0.1) is 0 Å². The van der Waals surface area contributed by atoms with Gasteiger partial charge in [-0.15, -0.1) is 0 Å². The Labute approximate surface area is 135 Å². The molecule has 0 N–H and O–H groups in total. The molecule has 0 spiro atoms. The molecule has 0 bridgehead atoms. The van der Waals surface area contributed by atoms with Gasteiger partial charge >= 0.3 is 136 Å². The minimum absolute atomic E-state index is 0.960. The van der Waals surface area contributed by atoms with E-state index in [2.05, 4.69) is 47.0 Å². The molecule has 0 radical (unpaired) electrons. The molecule has 0 amide bonds. The van der Waals surface area contributed by atoms with Gasteiger partial charge in [-0.2, -0.15) is 0 Å². The normalized spacial score (nSPS) is 38.7. The van der Waals surface area contributed by atoms with Gasteiger partial charge in [-0.05, 0) is 0 Å². The van der Waals surface area contributed by atoms with Crippen molar-refractivity contribution >= 4 is 62.0 Å². The topological polar surface area (TPSA) is 0 Å². The van der Waals surface area contributed by atoms with Gasteiger partial charge in [0, 0.05) is 0 Å². The average Bonchev–Trinajstić information content (AvgIpc) is 3.25. The van der Waals surface area contributed by atoms with E-state index >= 15 is 0 Å². The zero-order valence-corrected chi connectivity index (χ0v) is 15.7. The Bertz CT molecular complexity index is 221. The van der Waals surface area contributed by atoms with Crippen molar-refractivity contribution in [3.05, 3.63) is 0 Å². The molecule has 3 heterocycles. The molecule has 3 fully saturated rings. The summed E-state index contributed by atoms with van der Waals surface area (Å²) in [7, 11) is 0. The van der Waals surface area contributed by atoms with E-state index in [0.29, 0.717) is 0 Å². The summed E-state index contributed by atoms with van der Waals surface area (Å²) in [6.07, 6.45) is 3.09. The van der Waals surface area contributed by atoms with Gasteiger partial charge in [-0.1, -0.05) is 0 Å². The second kappa shape index (κ2) is 7.79. The molecule has 104 valence electrons. The third-order valence-electron chi connectivity index (χ3n) is 3.53. The van der Waals surface area contributed by atoms with Crippen LogP contribution in [-0.2, 0) is 0 Å². The molecule has 3 aliphatic heterocycles. The summed E-state index contributed by atoms with van der Waals surface area (Å²) in [5.41, 5.74) is 0. The molecule has 3 aliphatic rings. The summed E-state index contributed by atoms with van der Waals surface area (Å²) in [6, 6.07) is 0. The first kappa shape index (κ1) is 14.8. The summed E-state index contributed by atoms with van der Waals surface area (Å²) in [6.45, 7) is 0. The van der Waals surface area contributed by atoms with E-state index in [-0.39, 0.29) is 0 Å². The van der Waals surface area contributed by atoms with Crippen LogP contribution in [0.5, 0.6) is 0 Å². The van der Waals surface area contributed by atoms with Crippen LogP contribution < -0.4 is 0 Å². The number of rotatable bonds is 8. The SMILES string of the molecule is C1CC(CSCC2CS2)[Se]CC1CSCC1CS1. The Morgan fingerprint density at radius 2 is 1.56 bits per heavy atom. The van der Waals surface area contributed by atoms with E-state index in [1.165, 1.54) is 40.9 Å². The van der Waals surface area contributed by atoms with E-state index in [0.717, 1.165) is 36.2 Å². The molecule has 0 aliphatic carbocycles. The molecule has 3 rings (SSSR count). The molecule has 18 heavy (non-hydrogen) atoms. The van der Waals surface area contributed by atoms with Crippen LogP contribution in [0.2, 0.25) is 10.1 Å². The Balaban J connectivity index is 1.21. The predicted octanol–water partition coefficient (Wildman–Crippen LogP) is 4.00. The fourth-order valence-electron chi connectivity index (χ4n) is 2.15. The van der Waals surface area contributed by atoms with Crippen LogP contribution in [0.15, 0.2) is 0 Å². The van der Waals surface area contributed by atoms with Crippen molar-refractivity contribution in [2.45, 2.75) is 33.5 Å². The van der Waals surface area contributed by atoms with Gasteiger partial charge in [0.25, 0.3) is 0 Å². The molecular formula is C13H22S4Se. The molecule has 5 heteroatoms. The number of hydrogen-bond acceptors (Lipinski definition) is 4. The average molecular weight is 386 g/mol. The molecule has 0 nitrogen and oxygen atoms in total. The maximum atomic E-state index is 2.25. The quantitative estimate of drug-likeness (QED) is 0.457. The predicted molar refractivity (Wildman–Crippen MR) is 94.2 cm³/mol. The molecule has 0 aromatic heterocycles. The van der Waals surface area contributed by atoms with Crippen molar-refractivity contribution in [2.75, 3.05) is 34.5 Å². The molecular weight excluding hydrogens is 363 g/mol. The molecule has 0 saturated carbocycles. The van der Waals surface area contributed by atoms with Crippen LogP contribution in [-0.4, -0.2) is 60.0 Å². The second-order valence-corrected chi connectivity index (χ2v) is 13.0. The molecule has 3 saturated heterocycles. The van der Waals surface area contributed by atoms with Gasteiger partial charge in [0.1, 0.15) is 0 Å². The van der Waals surface area contributed by atoms with Crippen LogP contribution in [0.25, 0.3) is 0 Å². The zero-order chi connectivity index (χ0) is 12.2. The van der Waals surface area contributed by atoms with Crippen molar-refractivity contribution in [1.29, 1.82) is 0 Å². The Kier molecular flexibility index (Phi) is 6.43. The summed E-state index contributed by atoms with van der Waals surface area (Å²) in [5.74, 6) is 9.80. The zero-order valence-electron chi connectivity index (χ0n) is 10.7. The number of hydrogen-bond donors (Lipinski definition) is 0. The van der Waals surface area contributed by atoms with Gasteiger partial charge < -0.3 is 0 Å². The van der Waals surface area contributed by atoms with Gasteiger partial charge in [-0.25, -0.2) is 0 Å². The van der Waals surface area contributed by atoms with E-state index in [9.17, 15) is 0 Å². The Hall–Kier alpha value is 1.92. The van der Waals surface area contributed by atoms with E-state index in [4.69, 9.17) is 0 Å². The Morgan fingerprint density at radius 1 is 0.889 bits per heavy atom. The van der Waals surface area contributed by atoms with E-state index < -0.39 is 0 Å². The summed E-state index contributed by atoms with van der Waals surface area (Å²) < 4.78 is 0. The summed E-state index contributed by atoms with van der Waals surface area (Å²) in [4.78, 5) is 1.12. The monoisotopic (exact) mass is 386 g/mol. The van der Waals surface area contributed by atoms with Crippen LogP contribution in [0.4, 0.5) is 0 Å². The summed E-state index contributed by atoms with van der Waals surface area (Å²) in [5, 5.41) is 3.66. The fraction of sp³-hybridized carbons (Fsp3) is 1.00. The first-order valence-corrected chi connectivity index (χ1v) is 13.5. The van der Waals surface area contributed by atoms with E-state index in [1.807, 2.05) is 0 Å². The van der Waals surface area contributed by atoms with Gasteiger partial charge in [-0.3, -0.25) is 0 Å². The van der Waals surface area contributed by atoms with Crippen LogP contribution in [0, 0.1) is 5.92 Å². The number of thioether (sulfide) groups is 4. The van der Waals surface area contributed by atoms with Crippen molar-refractivity contribution in [3.63, 3.8) is 0 Å². The second-order valence-electron chi connectivity index (χ2n) is 5.38. The molecule has 4 unspecified atom stereocenters. The summed E-state index contributed by atoms with van der Waals surface area (Å²) >= 11 is 9.75. The molecule has 0 aromatic carbocycles. The third kappa shape index (κ3) is 5.73. The van der Waals surface area contributed by atoms with Crippen molar-refractivity contribution in [2.24, 2.45) is 5.92 Å². The Morgan fingerprint density at radius 3 is 2.11 bits per heavy atom. The van der Waals surface area contributed by atoms with Gasteiger partial charge in [0.2, 0.25) is 0 Å². The standard InChI is InChI=1S/C13H22S4Se/c1-2-13(8-15-5-12-7-17-12)18-9-10(1)3-14-4-11-6-16-11/h10-13H,1-9H2. The first-order chi connectivity index (χ1) is 8.90. The van der Waals surface area contributed by atoms with Crippen LogP contribution in [0.1, 0.15) is 12.8 Å². The maximum absolute atomic E-state index is 2.25.